The van der Waals surface area contributed by atoms with Crippen molar-refractivity contribution >= 4 is 28.9 Å². The molecule has 0 aliphatic heterocycles. The van der Waals surface area contributed by atoms with E-state index in [4.69, 9.17) is 11.5 Å². The first-order valence-electron chi connectivity index (χ1n) is 1.87. The number of nitrogens with two attached hydrogens (primary N) is 2. The first kappa shape index (κ1) is 7.16. The van der Waals surface area contributed by atoms with Gasteiger partial charge in [-0.25, -0.2) is 0 Å². The lowest BCUT2D eigenvalue weighted by Gasteiger charge is -1.92. The van der Waals surface area contributed by atoms with E-state index < -0.39 is 0 Å². The lowest BCUT2D eigenvalue weighted by molar-refractivity contribution is 0.947. The van der Waals surface area contributed by atoms with Crippen LogP contribution in [0.5, 0.6) is 0 Å². The molecule has 0 aromatic heterocycles. The smallest absolute Gasteiger partial charge is 0.0798 e. The maximum absolute atomic E-state index is 5.30. The maximum atomic E-state index is 5.30. The fraction of sp³-hybridized carbons (Fsp3) is 0.667. The third-order valence-corrected chi connectivity index (χ3v) is 0.779. The highest BCUT2D eigenvalue weighted by Crippen LogP contribution is 1.88. The molecule has 1 atom stereocenters. The second-order valence-electron chi connectivity index (χ2n) is 1.03. The van der Waals surface area contributed by atoms with Crippen molar-refractivity contribution in [1.29, 1.82) is 0 Å². The van der Waals surface area contributed by atoms with E-state index in [9.17, 15) is 0 Å². The molecule has 0 saturated heterocycles. The third-order valence-electron chi connectivity index (χ3n) is 0.385. The number of hydrogen-bond donors (Lipinski definition) is 2. The van der Waals surface area contributed by atoms with Crippen LogP contribution in [-0.4, -0.2) is 16.9 Å². The Morgan fingerprint density at radius 3 is 2.57 bits per heavy atom. The summed E-state index contributed by atoms with van der Waals surface area (Å²) in [6.45, 7) is 0.608. The average Bonchev–Trinajstić information content (AvgIpc) is 1.61. The molecule has 0 bridgehead atoms. The van der Waals surface area contributed by atoms with E-state index in [-0.39, 0.29) is 4.05 Å². The second-order valence-corrected chi connectivity index (χ2v) is 2.63. The molecule has 0 spiro atoms. The molecule has 0 fully saturated rings. The number of aliphatic imine (C=N–C) groups is 1. The van der Waals surface area contributed by atoms with Gasteiger partial charge in [0.2, 0.25) is 0 Å². The third kappa shape index (κ3) is 6.16. The monoisotopic (exact) mass is 213 g/mol. The van der Waals surface area contributed by atoms with Crippen LogP contribution < -0.4 is 11.5 Å². The summed E-state index contributed by atoms with van der Waals surface area (Å²) in [7, 11) is 0. The van der Waals surface area contributed by atoms with Crippen LogP contribution in [0.15, 0.2) is 4.99 Å². The van der Waals surface area contributed by atoms with Crippen LogP contribution in [0.4, 0.5) is 0 Å². The molecule has 0 aliphatic rings. The van der Waals surface area contributed by atoms with Crippen LogP contribution >= 0.6 is 22.6 Å². The number of rotatable bonds is 2. The van der Waals surface area contributed by atoms with Gasteiger partial charge in [-0.3, -0.25) is 4.99 Å². The van der Waals surface area contributed by atoms with E-state index in [1.165, 1.54) is 6.34 Å². The average molecular weight is 213 g/mol. The first-order chi connectivity index (χ1) is 3.27. The van der Waals surface area contributed by atoms with Crippen LogP contribution in [0.1, 0.15) is 0 Å². The zero-order valence-electron chi connectivity index (χ0n) is 3.84. The molecule has 3 nitrogen and oxygen atoms in total. The summed E-state index contributed by atoms with van der Waals surface area (Å²) in [4.78, 5) is 3.69. The quantitative estimate of drug-likeness (QED) is 0.217. The van der Waals surface area contributed by atoms with Gasteiger partial charge in [-0.05, 0) is 0 Å². The van der Waals surface area contributed by atoms with Crippen LogP contribution in [0.3, 0.4) is 0 Å². The van der Waals surface area contributed by atoms with Gasteiger partial charge < -0.3 is 11.5 Å². The lowest BCUT2D eigenvalue weighted by Crippen LogP contribution is -2.14. The van der Waals surface area contributed by atoms with Gasteiger partial charge in [0.25, 0.3) is 0 Å². The standard InChI is InChI=1S/C3H8IN3/c4-3(6)1-7-2-5/h2-3H,1,6H2,(H2,5,7)/t3-/m1/s1. The highest BCUT2D eigenvalue weighted by Gasteiger charge is 1.87. The van der Waals surface area contributed by atoms with Gasteiger partial charge in [-0.15, -0.1) is 0 Å². The SMILES string of the molecule is NC=NC[C@@H](N)I. The van der Waals surface area contributed by atoms with Crippen molar-refractivity contribution in [1.82, 2.24) is 0 Å². The molecule has 4 heteroatoms. The Hall–Kier alpha value is 0.160. The maximum Gasteiger partial charge on any atom is 0.0798 e. The minimum atomic E-state index is 0.0948. The van der Waals surface area contributed by atoms with Crippen molar-refractivity contribution in [3.05, 3.63) is 0 Å². The summed E-state index contributed by atoms with van der Waals surface area (Å²) < 4.78 is 0.0948. The molecule has 42 valence electrons. The molecule has 7 heavy (non-hydrogen) atoms. The highest BCUT2D eigenvalue weighted by atomic mass is 127. The summed E-state index contributed by atoms with van der Waals surface area (Å²) in [6.07, 6.45) is 1.26. The highest BCUT2D eigenvalue weighted by molar-refractivity contribution is 14.1. The van der Waals surface area contributed by atoms with E-state index >= 15 is 0 Å². The van der Waals surface area contributed by atoms with Crippen molar-refractivity contribution in [2.24, 2.45) is 16.5 Å². The number of hydrogen-bond acceptors (Lipinski definition) is 2. The molecule has 0 rings (SSSR count). The largest absolute Gasteiger partial charge is 0.390 e. The predicted molar refractivity (Wildman–Crippen MR) is 39.5 cm³/mol. The van der Waals surface area contributed by atoms with Crippen molar-refractivity contribution in [3.8, 4) is 0 Å². The second kappa shape index (κ2) is 4.32. The van der Waals surface area contributed by atoms with Crippen molar-refractivity contribution in [2.75, 3.05) is 6.54 Å². The summed E-state index contributed by atoms with van der Waals surface area (Å²) in [5.74, 6) is 0. The van der Waals surface area contributed by atoms with E-state index in [0.29, 0.717) is 6.54 Å². The summed E-state index contributed by atoms with van der Waals surface area (Å²) in [5, 5.41) is 0. The number of alkyl halides is 1. The first-order valence-corrected chi connectivity index (χ1v) is 3.11. The van der Waals surface area contributed by atoms with Gasteiger partial charge >= 0.3 is 0 Å². The van der Waals surface area contributed by atoms with Gasteiger partial charge in [-0.1, -0.05) is 22.6 Å². The molecule has 0 heterocycles. The van der Waals surface area contributed by atoms with E-state index in [0.717, 1.165) is 0 Å². The molecule has 0 aromatic carbocycles. The van der Waals surface area contributed by atoms with Crippen molar-refractivity contribution < 1.29 is 0 Å². The van der Waals surface area contributed by atoms with E-state index in [1.54, 1.807) is 0 Å². The van der Waals surface area contributed by atoms with E-state index in [1.807, 2.05) is 0 Å². The summed E-state index contributed by atoms with van der Waals surface area (Å²) in [6, 6.07) is 0. The Bertz CT molecular complexity index is 61.2. The molecule has 0 unspecified atom stereocenters. The van der Waals surface area contributed by atoms with E-state index in [2.05, 4.69) is 27.6 Å². The van der Waals surface area contributed by atoms with Gasteiger partial charge in [0.15, 0.2) is 0 Å². The normalized spacial score (nSPS) is 15.1. The molecule has 0 aromatic rings. The minimum Gasteiger partial charge on any atom is -0.390 e. The zero-order chi connectivity index (χ0) is 5.70. The molecule has 0 aliphatic carbocycles. The van der Waals surface area contributed by atoms with Gasteiger partial charge in [0.05, 0.1) is 16.9 Å². The predicted octanol–water partition coefficient (Wildman–Crippen LogP) is -0.307. The molecule has 0 amide bonds. The van der Waals surface area contributed by atoms with Crippen LogP contribution in [0.2, 0.25) is 0 Å². The fourth-order valence-electron chi connectivity index (χ4n) is 0.162. The van der Waals surface area contributed by atoms with Crippen LogP contribution in [0, 0.1) is 0 Å². The molecular weight excluding hydrogens is 205 g/mol. The van der Waals surface area contributed by atoms with Crippen LogP contribution in [0.25, 0.3) is 0 Å². The Kier molecular flexibility index (Phi) is 4.42. The Morgan fingerprint density at radius 1 is 1.86 bits per heavy atom. The van der Waals surface area contributed by atoms with Crippen molar-refractivity contribution in [3.63, 3.8) is 0 Å². The van der Waals surface area contributed by atoms with Crippen molar-refractivity contribution in [2.45, 2.75) is 4.05 Å². The van der Waals surface area contributed by atoms with Gasteiger partial charge in [-0.2, -0.15) is 0 Å². The van der Waals surface area contributed by atoms with Gasteiger partial charge in [0.1, 0.15) is 0 Å². The minimum absolute atomic E-state index is 0.0948. The topological polar surface area (TPSA) is 64.4 Å². The lowest BCUT2D eigenvalue weighted by atomic mass is 10.7. The number of halogens is 1. The zero-order valence-corrected chi connectivity index (χ0v) is 6.00. The van der Waals surface area contributed by atoms with Crippen LogP contribution in [-0.2, 0) is 0 Å². The molecular formula is C3H8IN3. The fourth-order valence-corrected chi connectivity index (χ4v) is 0.389. The molecule has 4 N–H and O–H groups in total. The Balaban J connectivity index is 2.97. The summed E-state index contributed by atoms with van der Waals surface area (Å²) in [5.41, 5.74) is 10.2. The Labute approximate surface area is 56.3 Å². The van der Waals surface area contributed by atoms with Gasteiger partial charge in [0, 0.05) is 0 Å². The number of nitrogens with zero attached hydrogens (tertiary/aromatic N) is 1. The molecule has 0 saturated carbocycles. The Morgan fingerprint density at radius 2 is 2.43 bits per heavy atom. The summed E-state index contributed by atoms with van der Waals surface area (Å²) >= 11 is 2.07. The molecule has 0 radical (unpaired) electrons.